The molecule has 0 bridgehead atoms. The largest absolute Gasteiger partial charge is 0.384 e. The second-order valence-corrected chi connectivity index (χ2v) is 6.49. The van der Waals surface area contributed by atoms with Gasteiger partial charge in [0.05, 0.1) is 0 Å². The number of anilines is 1. The van der Waals surface area contributed by atoms with Crippen LogP contribution in [0.5, 0.6) is 0 Å². The van der Waals surface area contributed by atoms with Crippen LogP contribution in [-0.4, -0.2) is 9.97 Å². The highest BCUT2D eigenvalue weighted by Gasteiger charge is 2.18. The Morgan fingerprint density at radius 3 is 1.90 bits per heavy atom. The minimum atomic E-state index is 0.139. The van der Waals surface area contributed by atoms with Gasteiger partial charge in [0.15, 0.2) is 5.82 Å². The van der Waals surface area contributed by atoms with Crippen LogP contribution < -0.4 is 5.73 Å². The number of aryl methyl sites for hydroxylation is 3. The average molecular weight is 269 g/mol. The first-order valence-corrected chi connectivity index (χ1v) is 6.92. The van der Waals surface area contributed by atoms with Gasteiger partial charge < -0.3 is 5.73 Å². The Bertz CT molecular complexity index is 609. The minimum absolute atomic E-state index is 0.139. The highest BCUT2D eigenvalue weighted by atomic mass is 14.9. The number of nitrogens with two attached hydrogens (primary N) is 1. The molecule has 0 aliphatic heterocycles. The van der Waals surface area contributed by atoms with E-state index in [1.165, 1.54) is 16.7 Å². The molecule has 1 heterocycles. The van der Waals surface area contributed by atoms with Gasteiger partial charge in [-0.25, -0.2) is 9.97 Å². The van der Waals surface area contributed by atoms with Crippen LogP contribution in [-0.2, 0) is 5.41 Å². The summed E-state index contributed by atoms with van der Waals surface area (Å²) in [5.74, 6) is 1.24. The van der Waals surface area contributed by atoms with Gasteiger partial charge in [-0.1, -0.05) is 32.9 Å². The monoisotopic (exact) mass is 269 g/mol. The van der Waals surface area contributed by atoms with Crippen molar-refractivity contribution in [3.8, 4) is 11.4 Å². The lowest BCUT2D eigenvalue weighted by Crippen LogP contribution is -2.12. The predicted octanol–water partition coefficient (Wildman–Crippen LogP) is 3.95. The molecule has 1 aromatic carbocycles. The summed E-state index contributed by atoms with van der Waals surface area (Å²) in [5, 5.41) is 0. The SMILES string of the molecule is Cc1cc(N)nc(-c2c(C)cc(C(C)(C)C)cc2C)n1. The number of aromatic nitrogens is 2. The smallest absolute Gasteiger partial charge is 0.162 e. The van der Waals surface area contributed by atoms with E-state index in [1.54, 1.807) is 6.07 Å². The van der Waals surface area contributed by atoms with Gasteiger partial charge in [0.1, 0.15) is 5.82 Å². The lowest BCUT2D eigenvalue weighted by Gasteiger charge is -2.22. The first-order chi connectivity index (χ1) is 9.18. The Balaban J connectivity index is 2.64. The highest BCUT2D eigenvalue weighted by molar-refractivity contribution is 5.66. The molecule has 0 radical (unpaired) electrons. The average Bonchev–Trinajstić information content (AvgIpc) is 2.25. The molecule has 0 saturated heterocycles. The van der Waals surface area contributed by atoms with E-state index in [-0.39, 0.29) is 5.41 Å². The zero-order valence-corrected chi connectivity index (χ0v) is 13.2. The van der Waals surface area contributed by atoms with Crippen LogP contribution in [0.3, 0.4) is 0 Å². The summed E-state index contributed by atoms with van der Waals surface area (Å²) in [6.45, 7) is 12.8. The Morgan fingerprint density at radius 2 is 1.45 bits per heavy atom. The van der Waals surface area contributed by atoms with E-state index in [4.69, 9.17) is 5.73 Å². The highest BCUT2D eigenvalue weighted by Crippen LogP contribution is 2.31. The number of nitrogen functional groups attached to an aromatic ring is 1. The molecule has 0 atom stereocenters. The number of hydrogen-bond acceptors (Lipinski definition) is 3. The summed E-state index contributed by atoms with van der Waals surface area (Å²) in [4.78, 5) is 8.91. The van der Waals surface area contributed by atoms with Gasteiger partial charge in [0, 0.05) is 17.3 Å². The standard InChI is InChI=1S/C17H23N3/c1-10-7-13(17(4,5)6)8-11(2)15(10)16-19-12(3)9-14(18)20-16/h7-9H,1-6H3,(H2,18,19,20). The van der Waals surface area contributed by atoms with Crippen molar-refractivity contribution in [3.05, 3.63) is 40.6 Å². The summed E-state index contributed by atoms with van der Waals surface area (Å²) in [6.07, 6.45) is 0. The molecule has 0 aliphatic carbocycles. The zero-order chi connectivity index (χ0) is 15.1. The van der Waals surface area contributed by atoms with E-state index >= 15 is 0 Å². The number of benzene rings is 1. The maximum Gasteiger partial charge on any atom is 0.162 e. The summed E-state index contributed by atoms with van der Waals surface area (Å²) in [6, 6.07) is 6.24. The van der Waals surface area contributed by atoms with Crippen molar-refractivity contribution in [2.24, 2.45) is 0 Å². The molecule has 3 nitrogen and oxygen atoms in total. The van der Waals surface area contributed by atoms with E-state index in [0.29, 0.717) is 5.82 Å². The van der Waals surface area contributed by atoms with Gasteiger partial charge in [-0.05, 0) is 42.9 Å². The normalized spacial score (nSPS) is 11.7. The second kappa shape index (κ2) is 4.89. The molecule has 3 heteroatoms. The molecule has 0 spiro atoms. The molecule has 1 aromatic heterocycles. The van der Waals surface area contributed by atoms with Gasteiger partial charge in [-0.15, -0.1) is 0 Å². The van der Waals surface area contributed by atoms with Gasteiger partial charge in [0.2, 0.25) is 0 Å². The maximum absolute atomic E-state index is 5.84. The molecule has 2 rings (SSSR count). The predicted molar refractivity (Wildman–Crippen MR) is 84.8 cm³/mol. The van der Waals surface area contributed by atoms with Gasteiger partial charge >= 0.3 is 0 Å². The third kappa shape index (κ3) is 2.82. The molecule has 2 aromatic rings. The topological polar surface area (TPSA) is 51.8 Å². The number of nitrogens with zero attached hydrogens (tertiary/aromatic N) is 2. The van der Waals surface area contributed by atoms with E-state index in [1.807, 2.05) is 6.92 Å². The fourth-order valence-electron chi connectivity index (χ4n) is 2.45. The van der Waals surface area contributed by atoms with E-state index < -0.39 is 0 Å². The van der Waals surface area contributed by atoms with Crippen LogP contribution in [0.2, 0.25) is 0 Å². The summed E-state index contributed by atoms with van der Waals surface area (Å²) >= 11 is 0. The van der Waals surface area contributed by atoms with Crippen molar-refractivity contribution in [1.82, 2.24) is 9.97 Å². The Morgan fingerprint density at radius 1 is 0.900 bits per heavy atom. The van der Waals surface area contributed by atoms with Crippen molar-refractivity contribution in [2.45, 2.75) is 47.0 Å². The van der Waals surface area contributed by atoms with E-state index in [2.05, 4.69) is 56.7 Å². The lowest BCUT2D eigenvalue weighted by atomic mass is 9.83. The molecule has 0 amide bonds. The number of hydrogen-bond donors (Lipinski definition) is 1. The zero-order valence-electron chi connectivity index (χ0n) is 13.2. The molecule has 0 aliphatic rings. The van der Waals surface area contributed by atoms with Crippen molar-refractivity contribution in [1.29, 1.82) is 0 Å². The molecule has 0 saturated carbocycles. The first kappa shape index (κ1) is 14.5. The summed E-state index contributed by atoms with van der Waals surface area (Å²) < 4.78 is 0. The van der Waals surface area contributed by atoms with Gasteiger partial charge in [-0.2, -0.15) is 0 Å². The molecular weight excluding hydrogens is 246 g/mol. The maximum atomic E-state index is 5.84. The van der Waals surface area contributed by atoms with Crippen LogP contribution in [0.4, 0.5) is 5.82 Å². The molecule has 0 fully saturated rings. The lowest BCUT2D eigenvalue weighted by molar-refractivity contribution is 0.589. The summed E-state index contributed by atoms with van der Waals surface area (Å²) in [5.41, 5.74) is 11.7. The van der Waals surface area contributed by atoms with Crippen molar-refractivity contribution >= 4 is 5.82 Å². The molecule has 2 N–H and O–H groups in total. The molecular formula is C17H23N3. The van der Waals surface area contributed by atoms with Gasteiger partial charge in [0.25, 0.3) is 0 Å². The van der Waals surface area contributed by atoms with Crippen LogP contribution in [0.15, 0.2) is 18.2 Å². The minimum Gasteiger partial charge on any atom is -0.384 e. The van der Waals surface area contributed by atoms with Crippen LogP contribution >= 0.6 is 0 Å². The van der Waals surface area contributed by atoms with Crippen LogP contribution in [0.25, 0.3) is 11.4 Å². The van der Waals surface area contributed by atoms with Crippen LogP contribution in [0, 0.1) is 20.8 Å². The van der Waals surface area contributed by atoms with Crippen molar-refractivity contribution in [2.75, 3.05) is 5.73 Å². The fourth-order valence-corrected chi connectivity index (χ4v) is 2.45. The summed E-state index contributed by atoms with van der Waals surface area (Å²) in [7, 11) is 0. The second-order valence-electron chi connectivity index (χ2n) is 6.49. The third-order valence-corrected chi connectivity index (χ3v) is 3.50. The third-order valence-electron chi connectivity index (χ3n) is 3.50. The van der Waals surface area contributed by atoms with Crippen molar-refractivity contribution < 1.29 is 0 Å². The van der Waals surface area contributed by atoms with Gasteiger partial charge in [-0.3, -0.25) is 0 Å². The molecule has 0 unspecified atom stereocenters. The quantitative estimate of drug-likeness (QED) is 0.852. The van der Waals surface area contributed by atoms with E-state index in [0.717, 1.165) is 17.1 Å². The Hall–Kier alpha value is -1.90. The number of rotatable bonds is 1. The fraction of sp³-hybridized carbons (Fsp3) is 0.412. The van der Waals surface area contributed by atoms with E-state index in [9.17, 15) is 0 Å². The first-order valence-electron chi connectivity index (χ1n) is 6.92. The molecule has 20 heavy (non-hydrogen) atoms. The molecule has 106 valence electrons. The Kier molecular flexibility index (Phi) is 3.55. The van der Waals surface area contributed by atoms with Crippen LogP contribution in [0.1, 0.15) is 43.2 Å². The van der Waals surface area contributed by atoms with Crippen molar-refractivity contribution in [3.63, 3.8) is 0 Å². The Labute approximate surface area is 121 Å².